The van der Waals surface area contributed by atoms with E-state index in [2.05, 4.69) is 25.9 Å². The molecular formula is C23H26FN5O4S2. The number of amides is 1. The molecule has 1 amide bonds. The van der Waals surface area contributed by atoms with Crippen LogP contribution < -0.4 is 14.8 Å². The lowest BCUT2D eigenvalue weighted by molar-refractivity contribution is -0.133. The summed E-state index contributed by atoms with van der Waals surface area (Å²) in [5.41, 5.74) is 2.47. The molecule has 186 valence electrons. The number of aromatic nitrogens is 2. The number of carbonyl (C=O) groups excluding carboxylic acids is 1. The van der Waals surface area contributed by atoms with Crippen molar-refractivity contribution >= 4 is 60.4 Å². The van der Waals surface area contributed by atoms with Crippen LogP contribution in [0.25, 0.3) is 10.9 Å². The van der Waals surface area contributed by atoms with E-state index in [0.29, 0.717) is 47.3 Å². The molecule has 2 N–H and O–H groups in total. The zero-order valence-corrected chi connectivity index (χ0v) is 21.0. The predicted octanol–water partition coefficient (Wildman–Crippen LogP) is 2.46. The monoisotopic (exact) mass is 519 g/mol. The average Bonchev–Trinajstić information content (AvgIpc) is 2.78. The largest absolute Gasteiger partial charge is 0.481 e. The van der Waals surface area contributed by atoms with Gasteiger partial charge in [-0.3, -0.25) is 9.00 Å². The van der Waals surface area contributed by atoms with E-state index >= 15 is 0 Å². The molecule has 0 saturated carbocycles. The minimum absolute atomic E-state index is 0.157. The van der Waals surface area contributed by atoms with Crippen LogP contribution in [0.5, 0.6) is 5.75 Å². The van der Waals surface area contributed by atoms with Gasteiger partial charge in [0, 0.05) is 68.5 Å². The molecule has 1 aromatic heterocycles. The lowest BCUT2D eigenvalue weighted by Gasteiger charge is -2.26. The molecule has 2 heterocycles. The molecular weight excluding hydrogens is 493 g/mol. The first kappa shape index (κ1) is 24.9. The number of nitrogens with one attached hydrogen (secondary N) is 2. The van der Waals surface area contributed by atoms with Gasteiger partial charge in [-0.25, -0.2) is 18.6 Å². The Kier molecular flexibility index (Phi) is 7.22. The van der Waals surface area contributed by atoms with E-state index in [0.717, 1.165) is 10.9 Å². The van der Waals surface area contributed by atoms with Gasteiger partial charge in [0.15, 0.2) is 6.61 Å². The molecule has 3 aromatic rings. The Morgan fingerprint density at radius 1 is 1.26 bits per heavy atom. The minimum Gasteiger partial charge on any atom is -0.481 e. The van der Waals surface area contributed by atoms with Crippen LogP contribution in [0.15, 0.2) is 36.7 Å². The molecule has 0 radical (unpaired) electrons. The summed E-state index contributed by atoms with van der Waals surface area (Å²) in [4.78, 5) is 22.8. The van der Waals surface area contributed by atoms with Crippen LogP contribution in [0.2, 0.25) is 0 Å². The normalized spacial score (nSPS) is 16.0. The number of nitrogens with zero attached hydrogens (tertiary/aromatic N) is 3. The molecule has 2 aromatic carbocycles. The summed E-state index contributed by atoms with van der Waals surface area (Å²) in [5.74, 6) is 4.36. The summed E-state index contributed by atoms with van der Waals surface area (Å²) in [6.45, 7) is 2.42. The zero-order chi connectivity index (χ0) is 25.2. The third kappa shape index (κ3) is 6.25. The maximum absolute atomic E-state index is 14.0. The van der Waals surface area contributed by atoms with Crippen LogP contribution in [-0.4, -0.2) is 72.5 Å². The van der Waals surface area contributed by atoms with Gasteiger partial charge in [0.1, 0.15) is 23.7 Å². The van der Waals surface area contributed by atoms with Crippen molar-refractivity contribution < 1.29 is 22.3 Å². The van der Waals surface area contributed by atoms with Gasteiger partial charge in [0.25, 0.3) is 5.91 Å². The van der Waals surface area contributed by atoms with E-state index in [4.69, 9.17) is 4.74 Å². The van der Waals surface area contributed by atoms with Crippen LogP contribution in [0, 0.1) is 12.7 Å². The molecule has 0 aliphatic carbocycles. The third-order valence-electron chi connectivity index (χ3n) is 5.35. The van der Waals surface area contributed by atoms with Crippen molar-refractivity contribution in [3.63, 3.8) is 0 Å². The second-order valence-electron chi connectivity index (χ2n) is 8.30. The van der Waals surface area contributed by atoms with Crippen LogP contribution in [0.4, 0.5) is 21.6 Å². The van der Waals surface area contributed by atoms with Crippen LogP contribution in [0.3, 0.4) is 0 Å². The number of hydrogen-bond donors (Lipinski definition) is 2. The maximum atomic E-state index is 14.0. The highest BCUT2D eigenvalue weighted by Gasteiger charge is 2.21. The number of carbonyl (C=O) groups is 1. The van der Waals surface area contributed by atoms with Gasteiger partial charge in [-0.05, 0) is 42.6 Å². The van der Waals surface area contributed by atoms with Crippen molar-refractivity contribution in [3.05, 3.63) is 48.0 Å². The summed E-state index contributed by atoms with van der Waals surface area (Å²) < 4.78 is 46.1. The standard InChI is InChI=1S/C23H26FN5O4S2/c1-15-10-17(28-35(2,3)32)12-19-22(15)23(26-14-25-19)27-18-5-4-16(24)11-20(18)33-13-21(30)29-6-8-34(31)9-7-29/h4-5,10-12,14H,2,6-9,13H2,1,3H3,(H,28,32)(H,25,26,27). The second-order valence-corrected chi connectivity index (χ2v) is 12.2. The molecule has 12 heteroatoms. The summed E-state index contributed by atoms with van der Waals surface area (Å²) in [6.07, 6.45) is 2.89. The van der Waals surface area contributed by atoms with Gasteiger partial charge in [0.2, 0.25) is 0 Å². The molecule has 1 saturated heterocycles. The Labute approximate surface area is 205 Å². The van der Waals surface area contributed by atoms with Gasteiger partial charge in [-0.1, -0.05) is 0 Å². The Morgan fingerprint density at radius 2 is 2.00 bits per heavy atom. The fourth-order valence-electron chi connectivity index (χ4n) is 3.76. The van der Waals surface area contributed by atoms with Crippen molar-refractivity contribution in [1.82, 2.24) is 14.9 Å². The number of aryl methyl sites for hydroxylation is 1. The van der Waals surface area contributed by atoms with Gasteiger partial charge in [0.05, 0.1) is 11.2 Å². The fourth-order valence-corrected chi connectivity index (χ4v) is 5.43. The van der Waals surface area contributed by atoms with E-state index < -0.39 is 26.3 Å². The summed E-state index contributed by atoms with van der Waals surface area (Å²) in [6, 6.07) is 7.55. The number of rotatable bonds is 7. The predicted molar refractivity (Wildman–Crippen MR) is 139 cm³/mol. The first-order valence-corrected chi connectivity index (χ1v) is 14.4. The Balaban J connectivity index is 1.58. The smallest absolute Gasteiger partial charge is 0.260 e. The molecule has 4 rings (SSSR count). The van der Waals surface area contributed by atoms with E-state index in [1.807, 2.05) is 13.0 Å². The fraction of sp³-hybridized carbons (Fsp3) is 0.304. The van der Waals surface area contributed by atoms with E-state index in [9.17, 15) is 17.6 Å². The number of halogens is 1. The first-order valence-electron chi connectivity index (χ1n) is 10.8. The number of hydrogen-bond acceptors (Lipinski definition) is 7. The number of ether oxygens (including phenoxy) is 1. The van der Waals surface area contributed by atoms with Crippen LogP contribution in [0.1, 0.15) is 5.56 Å². The van der Waals surface area contributed by atoms with Crippen molar-refractivity contribution in [2.45, 2.75) is 6.92 Å². The van der Waals surface area contributed by atoms with Crippen molar-refractivity contribution in [2.24, 2.45) is 0 Å². The molecule has 1 aliphatic rings. The number of fused-ring (bicyclic) bond motifs is 1. The topological polar surface area (TPSA) is 114 Å². The highest BCUT2D eigenvalue weighted by molar-refractivity contribution is 8.00. The van der Waals surface area contributed by atoms with Crippen molar-refractivity contribution in [1.29, 1.82) is 0 Å². The Hall–Kier alpha value is -3.25. The van der Waals surface area contributed by atoms with Gasteiger partial charge >= 0.3 is 0 Å². The van der Waals surface area contributed by atoms with Crippen molar-refractivity contribution in [2.75, 3.05) is 47.5 Å². The molecule has 1 atom stereocenters. The summed E-state index contributed by atoms with van der Waals surface area (Å²) in [5, 5.41) is 3.88. The number of anilines is 3. The van der Waals surface area contributed by atoms with E-state index in [1.165, 1.54) is 30.8 Å². The molecule has 0 bridgehead atoms. The summed E-state index contributed by atoms with van der Waals surface area (Å²) >= 11 is 0. The first-order chi connectivity index (χ1) is 16.6. The third-order valence-corrected chi connectivity index (χ3v) is 7.29. The molecule has 1 aliphatic heterocycles. The molecule has 35 heavy (non-hydrogen) atoms. The number of benzene rings is 2. The van der Waals surface area contributed by atoms with E-state index in [1.54, 1.807) is 11.0 Å². The maximum Gasteiger partial charge on any atom is 0.260 e. The average molecular weight is 520 g/mol. The van der Waals surface area contributed by atoms with Crippen molar-refractivity contribution in [3.8, 4) is 5.75 Å². The van der Waals surface area contributed by atoms with Crippen LogP contribution in [-0.2, 0) is 25.3 Å². The van der Waals surface area contributed by atoms with Gasteiger partial charge < -0.3 is 19.7 Å². The SMILES string of the molecule is C=S(C)(=O)Nc1cc(C)c2c(Nc3ccc(F)cc3OCC(=O)N3CCS(=O)CC3)ncnc2c1. The lowest BCUT2D eigenvalue weighted by Crippen LogP contribution is -2.43. The highest BCUT2D eigenvalue weighted by atomic mass is 32.2. The lowest BCUT2D eigenvalue weighted by atomic mass is 10.1. The highest BCUT2D eigenvalue weighted by Crippen LogP contribution is 2.33. The quantitative estimate of drug-likeness (QED) is 0.461. The summed E-state index contributed by atoms with van der Waals surface area (Å²) in [7, 11) is -3.36. The molecule has 0 spiro atoms. The second kappa shape index (κ2) is 10.2. The molecule has 9 nitrogen and oxygen atoms in total. The molecule has 1 unspecified atom stereocenters. The zero-order valence-electron chi connectivity index (χ0n) is 19.4. The van der Waals surface area contributed by atoms with Gasteiger partial charge in [-0.15, -0.1) is 0 Å². The Morgan fingerprint density at radius 3 is 2.71 bits per heavy atom. The molecule has 1 fully saturated rings. The Bertz CT molecular complexity index is 1400. The minimum atomic E-state index is -2.46. The van der Waals surface area contributed by atoms with Crippen LogP contribution >= 0.6 is 0 Å². The van der Waals surface area contributed by atoms with E-state index in [-0.39, 0.29) is 18.3 Å². The van der Waals surface area contributed by atoms with Gasteiger partial charge in [-0.2, -0.15) is 0 Å².